The summed E-state index contributed by atoms with van der Waals surface area (Å²) in [7, 11) is 1.65. The van der Waals surface area contributed by atoms with Gasteiger partial charge in [-0.25, -0.2) is 4.98 Å². The molecule has 0 spiro atoms. The van der Waals surface area contributed by atoms with Crippen molar-refractivity contribution < 1.29 is 9.53 Å². The molecule has 26 heavy (non-hydrogen) atoms. The van der Waals surface area contributed by atoms with Crippen molar-refractivity contribution in [3.8, 4) is 5.75 Å². The number of methoxy groups -OCH3 is 1. The summed E-state index contributed by atoms with van der Waals surface area (Å²) < 4.78 is 5.33. The molecule has 132 valence electrons. The first-order valence-corrected chi connectivity index (χ1v) is 8.26. The van der Waals surface area contributed by atoms with Crippen LogP contribution in [0.15, 0.2) is 67.0 Å². The fraction of sp³-hybridized carbons (Fsp3) is 0.150. The molecule has 2 heterocycles. The summed E-state index contributed by atoms with van der Waals surface area (Å²) >= 11 is 0. The molecule has 3 aromatic rings. The molecule has 6 nitrogen and oxygen atoms in total. The fourth-order valence-corrected chi connectivity index (χ4v) is 2.44. The quantitative estimate of drug-likeness (QED) is 0.686. The minimum Gasteiger partial charge on any atom is -0.496 e. The lowest BCUT2D eigenvalue weighted by molar-refractivity contribution is 0.0945. The zero-order valence-electron chi connectivity index (χ0n) is 14.5. The van der Waals surface area contributed by atoms with Gasteiger partial charge in [0.05, 0.1) is 31.2 Å². The van der Waals surface area contributed by atoms with Gasteiger partial charge in [-0.05, 0) is 30.3 Å². The minimum atomic E-state index is -0.230. The summed E-state index contributed by atoms with van der Waals surface area (Å²) in [6.45, 7) is 0.978. The normalized spacial score (nSPS) is 10.2. The van der Waals surface area contributed by atoms with Crippen LogP contribution in [-0.4, -0.2) is 23.0 Å². The number of amides is 1. The van der Waals surface area contributed by atoms with Gasteiger partial charge in [-0.15, -0.1) is 0 Å². The number of anilines is 1. The molecule has 0 aliphatic heterocycles. The Labute approximate surface area is 152 Å². The molecule has 1 amide bonds. The maximum Gasteiger partial charge on any atom is 0.270 e. The monoisotopic (exact) mass is 348 g/mol. The molecule has 0 saturated heterocycles. The molecule has 2 N–H and O–H groups in total. The van der Waals surface area contributed by atoms with Crippen LogP contribution in [0.25, 0.3) is 0 Å². The lowest BCUT2D eigenvalue weighted by Gasteiger charge is -2.10. The highest BCUT2D eigenvalue weighted by Gasteiger charge is 2.07. The first kappa shape index (κ1) is 17.4. The average molecular weight is 348 g/mol. The van der Waals surface area contributed by atoms with E-state index in [-0.39, 0.29) is 5.91 Å². The largest absolute Gasteiger partial charge is 0.496 e. The van der Waals surface area contributed by atoms with E-state index in [0.29, 0.717) is 18.8 Å². The number of para-hydroxylation sites is 1. The molecule has 0 fully saturated rings. The molecule has 1 aromatic carbocycles. The highest BCUT2D eigenvalue weighted by Crippen LogP contribution is 2.18. The number of nitrogens with zero attached hydrogens (tertiary/aromatic N) is 2. The molecule has 6 heteroatoms. The van der Waals surface area contributed by atoms with Crippen molar-refractivity contribution in [2.45, 2.75) is 13.1 Å². The Bertz CT molecular complexity index is 851. The molecule has 0 atom stereocenters. The van der Waals surface area contributed by atoms with E-state index < -0.39 is 0 Å². The van der Waals surface area contributed by atoms with Gasteiger partial charge in [-0.2, -0.15) is 0 Å². The van der Waals surface area contributed by atoms with Crippen LogP contribution in [0.4, 0.5) is 5.69 Å². The predicted molar refractivity (Wildman–Crippen MR) is 100.0 cm³/mol. The van der Waals surface area contributed by atoms with E-state index in [1.807, 2.05) is 48.5 Å². The second-order valence-corrected chi connectivity index (χ2v) is 5.60. The van der Waals surface area contributed by atoms with E-state index in [2.05, 4.69) is 20.6 Å². The van der Waals surface area contributed by atoms with Gasteiger partial charge in [0.25, 0.3) is 5.91 Å². The number of nitrogens with one attached hydrogen (secondary N) is 2. The van der Waals surface area contributed by atoms with Crippen molar-refractivity contribution in [3.63, 3.8) is 0 Å². The van der Waals surface area contributed by atoms with Crippen LogP contribution >= 0.6 is 0 Å². The molecule has 0 unspecified atom stereocenters. The third kappa shape index (κ3) is 4.57. The highest BCUT2D eigenvalue weighted by molar-refractivity contribution is 5.92. The molecule has 0 saturated carbocycles. The Kier molecular flexibility index (Phi) is 5.77. The maximum absolute atomic E-state index is 12.2. The fourth-order valence-electron chi connectivity index (χ4n) is 2.44. The maximum atomic E-state index is 12.2. The SMILES string of the molecule is COc1ccccc1CNc1ccc(C(=O)NCc2ccccn2)nc1. The van der Waals surface area contributed by atoms with Crippen LogP contribution in [0, 0.1) is 0 Å². The van der Waals surface area contributed by atoms with Gasteiger partial charge in [0.2, 0.25) is 0 Å². The molecule has 2 aromatic heterocycles. The molecule has 3 rings (SSSR count). The number of carbonyl (C=O) groups excluding carboxylic acids is 1. The van der Waals surface area contributed by atoms with Crippen molar-refractivity contribution in [2.24, 2.45) is 0 Å². The second-order valence-electron chi connectivity index (χ2n) is 5.60. The lowest BCUT2D eigenvalue weighted by Crippen LogP contribution is -2.24. The third-order valence-corrected chi connectivity index (χ3v) is 3.83. The lowest BCUT2D eigenvalue weighted by atomic mass is 10.2. The molecule has 0 aliphatic rings. The van der Waals surface area contributed by atoms with E-state index in [1.165, 1.54) is 0 Å². The number of rotatable bonds is 7. The van der Waals surface area contributed by atoms with Gasteiger partial charge in [-0.3, -0.25) is 9.78 Å². The molecule has 0 bridgehead atoms. The summed E-state index contributed by atoms with van der Waals surface area (Å²) in [6, 6.07) is 16.9. The van der Waals surface area contributed by atoms with E-state index in [9.17, 15) is 4.79 Å². The van der Waals surface area contributed by atoms with Crippen LogP contribution in [0.5, 0.6) is 5.75 Å². The van der Waals surface area contributed by atoms with Crippen molar-refractivity contribution in [1.82, 2.24) is 15.3 Å². The summed E-state index contributed by atoms with van der Waals surface area (Å²) in [4.78, 5) is 20.5. The van der Waals surface area contributed by atoms with E-state index in [4.69, 9.17) is 4.74 Å². The van der Waals surface area contributed by atoms with Crippen LogP contribution in [0.2, 0.25) is 0 Å². The molecular weight excluding hydrogens is 328 g/mol. The van der Waals surface area contributed by atoms with Gasteiger partial charge in [0.15, 0.2) is 0 Å². The average Bonchev–Trinajstić information content (AvgIpc) is 2.72. The number of aromatic nitrogens is 2. The Morgan fingerprint density at radius 3 is 2.58 bits per heavy atom. The topological polar surface area (TPSA) is 76.1 Å². The zero-order valence-corrected chi connectivity index (χ0v) is 14.5. The summed E-state index contributed by atoms with van der Waals surface area (Å²) in [6.07, 6.45) is 3.34. The number of hydrogen-bond acceptors (Lipinski definition) is 5. The number of benzene rings is 1. The van der Waals surface area contributed by atoms with Gasteiger partial charge in [-0.1, -0.05) is 24.3 Å². The second kappa shape index (κ2) is 8.62. The smallest absolute Gasteiger partial charge is 0.270 e. The Morgan fingerprint density at radius 1 is 1.00 bits per heavy atom. The third-order valence-electron chi connectivity index (χ3n) is 3.83. The molecule has 0 aliphatic carbocycles. The van der Waals surface area contributed by atoms with Gasteiger partial charge >= 0.3 is 0 Å². The number of pyridine rings is 2. The van der Waals surface area contributed by atoms with Crippen molar-refractivity contribution in [2.75, 3.05) is 12.4 Å². The van der Waals surface area contributed by atoms with E-state index in [1.54, 1.807) is 25.6 Å². The zero-order chi connectivity index (χ0) is 18.2. The molecule has 0 radical (unpaired) electrons. The molecular formula is C20H20N4O2. The Morgan fingerprint density at radius 2 is 1.85 bits per heavy atom. The van der Waals surface area contributed by atoms with Crippen molar-refractivity contribution in [1.29, 1.82) is 0 Å². The first-order valence-electron chi connectivity index (χ1n) is 8.26. The number of ether oxygens (including phenoxy) is 1. The van der Waals surface area contributed by atoms with E-state index in [0.717, 1.165) is 22.7 Å². The van der Waals surface area contributed by atoms with Crippen molar-refractivity contribution in [3.05, 3.63) is 83.9 Å². The van der Waals surface area contributed by atoms with E-state index >= 15 is 0 Å². The standard InChI is InChI=1S/C20H20N4O2/c1-26-19-8-3-2-6-15(19)12-22-17-9-10-18(23-13-17)20(25)24-14-16-7-4-5-11-21-16/h2-11,13,22H,12,14H2,1H3,(H,24,25). The number of carbonyl (C=O) groups is 1. The van der Waals surface area contributed by atoms with Crippen LogP contribution in [0.3, 0.4) is 0 Å². The van der Waals surface area contributed by atoms with Crippen molar-refractivity contribution >= 4 is 11.6 Å². The van der Waals surface area contributed by atoms with Crippen LogP contribution in [-0.2, 0) is 13.1 Å². The van der Waals surface area contributed by atoms with Gasteiger partial charge in [0, 0.05) is 18.3 Å². The van der Waals surface area contributed by atoms with Crippen LogP contribution < -0.4 is 15.4 Å². The van der Waals surface area contributed by atoms with Crippen LogP contribution in [0.1, 0.15) is 21.7 Å². The van der Waals surface area contributed by atoms with Gasteiger partial charge < -0.3 is 15.4 Å². The first-order chi connectivity index (χ1) is 12.8. The predicted octanol–water partition coefficient (Wildman–Crippen LogP) is 3.03. The summed E-state index contributed by atoms with van der Waals surface area (Å²) in [5.74, 6) is 0.602. The number of hydrogen-bond donors (Lipinski definition) is 2. The summed E-state index contributed by atoms with van der Waals surface area (Å²) in [5.41, 5.74) is 3.05. The highest BCUT2D eigenvalue weighted by atomic mass is 16.5. The summed E-state index contributed by atoms with van der Waals surface area (Å²) in [5, 5.41) is 6.08. The minimum absolute atomic E-state index is 0.230. The Balaban J connectivity index is 1.55. The Hall–Kier alpha value is -3.41. The van der Waals surface area contributed by atoms with Gasteiger partial charge in [0.1, 0.15) is 11.4 Å².